The first-order valence-electron chi connectivity index (χ1n) is 7.28. The molecule has 1 fully saturated rings. The van der Waals surface area contributed by atoms with Crippen LogP contribution in [-0.4, -0.2) is 16.8 Å². The lowest BCUT2D eigenvalue weighted by molar-refractivity contribution is 0.0666. The number of amides is 1. The summed E-state index contributed by atoms with van der Waals surface area (Å²) in [4.78, 5) is 14.8. The van der Waals surface area contributed by atoms with Crippen molar-refractivity contribution in [3.8, 4) is 0 Å². The van der Waals surface area contributed by atoms with Gasteiger partial charge < -0.3 is 10.2 Å². The Hall–Kier alpha value is -1.71. The topological polar surface area (TPSA) is 32.3 Å². The number of rotatable bonds is 2. The minimum absolute atomic E-state index is 0.0628. The Bertz CT molecular complexity index is 758. The first-order chi connectivity index (χ1) is 10.6. The molecule has 2 aliphatic rings. The molecule has 0 spiro atoms. The molecule has 0 aromatic heterocycles. The van der Waals surface area contributed by atoms with E-state index in [4.69, 9.17) is 23.2 Å². The lowest BCUT2D eigenvalue weighted by Gasteiger charge is -2.38. The number of nitrogens with one attached hydrogen (secondary N) is 1. The Morgan fingerprint density at radius 2 is 1.86 bits per heavy atom. The summed E-state index contributed by atoms with van der Waals surface area (Å²) in [6.45, 7) is 0. The van der Waals surface area contributed by atoms with Crippen molar-refractivity contribution in [1.29, 1.82) is 0 Å². The number of anilines is 1. The van der Waals surface area contributed by atoms with Crippen LogP contribution in [0.25, 0.3) is 0 Å². The van der Waals surface area contributed by atoms with Crippen molar-refractivity contribution < 1.29 is 4.79 Å². The zero-order valence-corrected chi connectivity index (χ0v) is 13.2. The van der Waals surface area contributed by atoms with Crippen molar-refractivity contribution in [2.45, 2.75) is 25.0 Å². The van der Waals surface area contributed by atoms with Crippen molar-refractivity contribution >= 4 is 34.8 Å². The van der Waals surface area contributed by atoms with Crippen LogP contribution in [0.15, 0.2) is 42.5 Å². The van der Waals surface area contributed by atoms with Gasteiger partial charge in [-0.2, -0.15) is 0 Å². The summed E-state index contributed by atoms with van der Waals surface area (Å²) >= 11 is 12.4. The Kier molecular flexibility index (Phi) is 3.28. The second-order valence-electron chi connectivity index (χ2n) is 5.70. The molecule has 3 nitrogen and oxygen atoms in total. The molecule has 1 saturated carbocycles. The minimum Gasteiger partial charge on any atom is -0.361 e. The van der Waals surface area contributed by atoms with Gasteiger partial charge in [0.1, 0.15) is 6.17 Å². The highest BCUT2D eigenvalue weighted by Gasteiger charge is 2.42. The lowest BCUT2D eigenvalue weighted by atomic mass is 10.0. The van der Waals surface area contributed by atoms with Gasteiger partial charge in [0, 0.05) is 27.3 Å². The zero-order valence-electron chi connectivity index (χ0n) is 11.7. The third-order valence-electron chi connectivity index (χ3n) is 4.16. The number of nitrogens with zero attached hydrogens (tertiary/aromatic N) is 1. The quantitative estimate of drug-likeness (QED) is 0.862. The molecule has 1 amide bonds. The predicted octanol–water partition coefficient (Wildman–Crippen LogP) is 4.72. The van der Waals surface area contributed by atoms with E-state index in [0.29, 0.717) is 10.0 Å². The van der Waals surface area contributed by atoms with Gasteiger partial charge in [-0.25, -0.2) is 0 Å². The fraction of sp³-hybridized carbons (Fsp3) is 0.235. The highest BCUT2D eigenvalue weighted by molar-refractivity contribution is 6.35. The highest BCUT2D eigenvalue weighted by Crippen LogP contribution is 2.42. The molecule has 2 aromatic rings. The number of halogens is 2. The molecule has 1 aliphatic carbocycles. The Morgan fingerprint density at radius 1 is 1.09 bits per heavy atom. The number of benzene rings is 2. The molecule has 4 rings (SSSR count). The van der Waals surface area contributed by atoms with E-state index in [9.17, 15) is 4.79 Å². The summed E-state index contributed by atoms with van der Waals surface area (Å²) in [7, 11) is 0. The molecule has 1 heterocycles. The van der Waals surface area contributed by atoms with Crippen LogP contribution in [0.2, 0.25) is 10.0 Å². The zero-order chi connectivity index (χ0) is 15.3. The number of para-hydroxylation sites is 1. The van der Waals surface area contributed by atoms with Gasteiger partial charge in [-0.3, -0.25) is 4.79 Å². The molecule has 2 aromatic carbocycles. The normalized spacial score (nSPS) is 20.5. The molecule has 0 saturated heterocycles. The van der Waals surface area contributed by atoms with Crippen LogP contribution in [0.4, 0.5) is 5.69 Å². The Balaban J connectivity index is 1.82. The molecule has 5 heteroatoms. The minimum atomic E-state index is -0.250. The third kappa shape index (κ3) is 2.25. The van der Waals surface area contributed by atoms with Gasteiger partial charge in [0.2, 0.25) is 0 Å². The van der Waals surface area contributed by atoms with Crippen molar-refractivity contribution in [1.82, 2.24) is 4.90 Å². The van der Waals surface area contributed by atoms with Crippen LogP contribution >= 0.6 is 23.2 Å². The fourth-order valence-electron chi connectivity index (χ4n) is 2.95. The maximum Gasteiger partial charge on any atom is 0.258 e. The largest absolute Gasteiger partial charge is 0.361 e. The van der Waals surface area contributed by atoms with Crippen LogP contribution in [-0.2, 0) is 0 Å². The average Bonchev–Trinajstić information content (AvgIpc) is 3.32. The van der Waals surface area contributed by atoms with E-state index in [2.05, 4.69) is 5.32 Å². The maximum absolute atomic E-state index is 12.9. The smallest absolute Gasteiger partial charge is 0.258 e. The number of fused-ring (bicyclic) bond motifs is 1. The SMILES string of the molecule is O=C1c2ccccc2N[C@H](c2ccc(Cl)cc2Cl)N1C1CC1. The van der Waals surface area contributed by atoms with Crippen LogP contribution < -0.4 is 5.32 Å². The van der Waals surface area contributed by atoms with Gasteiger partial charge >= 0.3 is 0 Å². The van der Waals surface area contributed by atoms with Gasteiger partial charge in [0.05, 0.1) is 5.56 Å². The van der Waals surface area contributed by atoms with Crippen LogP contribution in [0.1, 0.15) is 34.9 Å². The van der Waals surface area contributed by atoms with Crippen LogP contribution in [0.3, 0.4) is 0 Å². The van der Waals surface area contributed by atoms with Crippen molar-refractivity contribution in [2.24, 2.45) is 0 Å². The van der Waals surface area contributed by atoms with Gasteiger partial charge in [-0.1, -0.05) is 41.4 Å². The number of hydrogen-bond acceptors (Lipinski definition) is 2. The molecule has 1 aliphatic heterocycles. The van der Waals surface area contributed by atoms with E-state index in [1.807, 2.05) is 35.2 Å². The number of carbonyl (C=O) groups is 1. The molecule has 112 valence electrons. The van der Waals surface area contributed by atoms with Crippen LogP contribution in [0.5, 0.6) is 0 Å². The summed E-state index contributed by atoms with van der Waals surface area (Å²) in [5, 5.41) is 4.62. The summed E-state index contributed by atoms with van der Waals surface area (Å²) in [5.74, 6) is 0.0628. The molecular weight excluding hydrogens is 319 g/mol. The van der Waals surface area contributed by atoms with Crippen molar-refractivity contribution in [2.75, 3.05) is 5.32 Å². The molecule has 1 atom stereocenters. The summed E-state index contributed by atoms with van der Waals surface area (Å²) < 4.78 is 0. The highest BCUT2D eigenvalue weighted by atomic mass is 35.5. The molecule has 22 heavy (non-hydrogen) atoms. The van der Waals surface area contributed by atoms with E-state index in [-0.39, 0.29) is 18.1 Å². The predicted molar refractivity (Wildman–Crippen MR) is 88.5 cm³/mol. The second-order valence-corrected chi connectivity index (χ2v) is 6.55. The number of carbonyl (C=O) groups excluding carboxylic acids is 1. The first kappa shape index (κ1) is 13.9. The van der Waals surface area contributed by atoms with Crippen molar-refractivity contribution in [3.63, 3.8) is 0 Å². The van der Waals surface area contributed by atoms with Gasteiger partial charge in [0.15, 0.2) is 0 Å². The standard InChI is InChI=1S/C17H14Cl2N2O/c18-10-5-8-12(14(19)9-10)16-20-15-4-2-1-3-13(15)17(22)21(16)11-6-7-11/h1-5,8-9,11,16,20H,6-7H2/t16-/m0/s1. The van der Waals surface area contributed by atoms with Gasteiger partial charge in [-0.15, -0.1) is 0 Å². The van der Waals surface area contributed by atoms with Crippen LogP contribution in [0, 0.1) is 0 Å². The van der Waals surface area contributed by atoms with Gasteiger partial charge in [-0.05, 0) is 37.1 Å². The summed E-state index contributed by atoms with van der Waals surface area (Å²) in [6.07, 6.45) is 1.83. The molecular formula is C17H14Cl2N2O. The Morgan fingerprint density at radius 3 is 2.59 bits per heavy atom. The third-order valence-corrected chi connectivity index (χ3v) is 4.72. The van der Waals surface area contributed by atoms with E-state index in [1.54, 1.807) is 12.1 Å². The Labute approximate surface area is 138 Å². The molecule has 0 bridgehead atoms. The molecule has 1 N–H and O–H groups in total. The molecule has 0 radical (unpaired) electrons. The number of hydrogen-bond donors (Lipinski definition) is 1. The second kappa shape index (κ2) is 5.18. The van der Waals surface area contributed by atoms with E-state index >= 15 is 0 Å². The van der Waals surface area contributed by atoms with E-state index in [1.165, 1.54) is 0 Å². The van der Waals surface area contributed by atoms with Crippen molar-refractivity contribution in [3.05, 3.63) is 63.6 Å². The fourth-order valence-corrected chi connectivity index (χ4v) is 3.46. The maximum atomic E-state index is 12.9. The first-order valence-corrected chi connectivity index (χ1v) is 8.04. The average molecular weight is 333 g/mol. The summed E-state index contributed by atoms with van der Waals surface area (Å²) in [6, 6.07) is 13.3. The van der Waals surface area contributed by atoms with E-state index in [0.717, 1.165) is 29.7 Å². The lowest BCUT2D eigenvalue weighted by Crippen LogP contribution is -2.44. The van der Waals surface area contributed by atoms with E-state index < -0.39 is 0 Å². The van der Waals surface area contributed by atoms with Gasteiger partial charge in [0.25, 0.3) is 5.91 Å². The monoisotopic (exact) mass is 332 g/mol. The summed E-state index contributed by atoms with van der Waals surface area (Å²) in [5.41, 5.74) is 2.44. The molecule has 0 unspecified atom stereocenters.